The van der Waals surface area contributed by atoms with E-state index in [9.17, 15) is 9.59 Å². The molecule has 0 fully saturated rings. The molecule has 0 aromatic carbocycles. The second-order valence-corrected chi connectivity index (χ2v) is 6.02. The molecule has 1 aliphatic heterocycles. The fraction of sp³-hybridized carbons (Fsp3) is 0.667. The van der Waals surface area contributed by atoms with Crippen molar-refractivity contribution in [1.82, 2.24) is 9.62 Å². The van der Waals surface area contributed by atoms with Crippen LogP contribution in [0.3, 0.4) is 0 Å². The molecule has 0 atom stereocenters. The van der Waals surface area contributed by atoms with Gasteiger partial charge < -0.3 is 14.8 Å². The van der Waals surface area contributed by atoms with Crippen molar-refractivity contribution in [1.29, 1.82) is 0 Å². The van der Waals surface area contributed by atoms with Gasteiger partial charge in [0, 0.05) is 6.54 Å². The SMILES string of the molecule is CCOC(=O)C1=CCN(CNC(=O)OC(C)(C)C)S1. The number of ether oxygens (including phenoxy) is 2. The Morgan fingerprint density at radius 1 is 1.47 bits per heavy atom. The smallest absolute Gasteiger partial charge is 0.408 e. The van der Waals surface area contributed by atoms with Crippen LogP contribution in [0.5, 0.6) is 0 Å². The molecule has 0 bridgehead atoms. The summed E-state index contributed by atoms with van der Waals surface area (Å²) in [6, 6.07) is 0. The molecule has 1 rings (SSSR count). The molecule has 7 heteroatoms. The number of rotatable bonds is 4. The molecule has 0 aromatic rings. The summed E-state index contributed by atoms with van der Waals surface area (Å²) in [5.74, 6) is -0.327. The van der Waals surface area contributed by atoms with Gasteiger partial charge in [-0.3, -0.25) is 0 Å². The lowest BCUT2D eigenvalue weighted by Gasteiger charge is -2.21. The Bertz CT molecular complexity index is 376. The van der Waals surface area contributed by atoms with Crippen LogP contribution >= 0.6 is 11.9 Å². The average Bonchev–Trinajstić information content (AvgIpc) is 2.73. The van der Waals surface area contributed by atoms with Crippen LogP contribution in [0.1, 0.15) is 27.7 Å². The summed E-state index contributed by atoms with van der Waals surface area (Å²) >= 11 is 1.27. The molecular formula is C12H20N2O4S. The lowest BCUT2D eigenvalue weighted by molar-refractivity contribution is -0.137. The molecule has 1 aliphatic rings. The van der Waals surface area contributed by atoms with E-state index in [1.54, 1.807) is 33.8 Å². The van der Waals surface area contributed by atoms with E-state index in [2.05, 4.69) is 5.32 Å². The molecule has 19 heavy (non-hydrogen) atoms. The molecule has 0 aromatic heterocycles. The molecule has 108 valence electrons. The van der Waals surface area contributed by atoms with E-state index in [-0.39, 0.29) is 5.97 Å². The normalized spacial score (nSPS) is 15.9. The third-order valence-electron chi connectivity index (χ3n) is 1.98. The highest BCUT2D eigenvalue weighted by Gasteiger charge is 2.23. The predicted octanol–water partition coefficient (Wildman–Crippen LogP) is 1.88. The van der Waals surface area contributed by atoms with E-state index < -0.39 is 11.7 Å². The van der Waals surface area contributed by atoms with Crippen molar-refractivity contribution >= 4 is 24.0 Å². The topological polar surface area (TPSA) is 67.9 Å². The molecule has 0 aliphatic carbocycles. The van der Waals surface area contributed by atoms with Crippen LogP contribution in [-0.2, 0) is 14.3 Å². The summed E-state index contributed by atoms with van der Waals surface area (Å²) in [6.07, 6.45) is 1.30. The van der Waals surface area contributed by atoms with Crippen LogP contribution in [0.15, 0.2) is 11.0 Å². The Morgan fingerprint density at radius 2 is 2.16 bits per heavy atom. The lowest BCUT2D eigenvalue weighted by Crippen LogP contribution is -2.37. The Kier molecular flexibility index (Phi) is 5.68. The zero-order chi connectivity index (χ0) is 14.5. The molecule has 0 unspecified atom stereocenters. The first-order valence-corrected chi connectivity index (χ1v) is 6.86. The van der Waals surface area contributed by atoms with Crippen molar-refractivity contribution in [2.45, 2.75) is 33.3 Å². The van der Waals surface area contributed by atoms with E-state index in [1.165, 1.54) is 11.9 Å². The van der Waals surface area contributed by atoms with Crippen molar-refractivity contribution in [3.05, 3.63) is 11.0 Å². The third-order valence-corrected chi connectivity index (χ3v) is 3.05. The van der Waals surface area contributed by atoms with E-state index in [4.69, 9.17) is 9.47 Å². The third kappa shape index (κ3) is 5.98. The number of alkyl carbamates (subject to hydrolysis) is 1. The summed E-state index contributed by atoms with van der Waals surface area (Å²) in [4.78, 5) is 23.5. The highest BCUT2D eigenvalue weighted by Crippen LogP contribution is 2.27. The monoisotopic (exact) mass is 288 g/mol. The molecule has 0 radical (unpaired) electrons. The summed E-state index contributed by atoms with van der Waals surface area (Å²) in [5.41, 5.74) is -0.517. The fourth-order valence-corrected chi connectivity index (χ4v) is 2.12. The van der Waals surface area contributed by atoms with Crippen molar-refractivity contribution in [2.75, 3.05) is 19.8 Å². The zero-order valence-corrected chi connectivity index (χ0v) is 12.5. The van der Waals surface area contributed by atoms with E-state index >= 15 is 0 Å². The number of carbonyl (C=O) groups excluding carboxylic acids is 2. The Hall–Kier alpha value is -1.21. The van der Waals surface area contributed by atoms with Gasteiger partial charge >= 0.3 is 12.1 Å². The van der Waals surface area contributed by atoms with Crippen molar-refractivity contribution in [2.24, 2.45) is 0 Å². The van der Waals surface area contributed by atoms with Gasteiger partial charge in [-0.15, -0.1) is 0 Å². The fourth-order valence-electron chi connectivity index (χ4n) is 1.28. The average molecular weight is 288 g/mol. The van der Waals surface area contributed by atoms with Gasteiger partial charge in [-0.05, 0) is 45.7 Å². The predicted molar refractivity (Wildman–Crippen MR) is 73.2 cm³/mol. The lowest BCUT2D eigenvalue weighted by atomic mass is 10.2. The zero-order valence-electron chi connectivity index (χ0n) is 11.7. The Labute approximate surface area is 117 Å². The highest BCUT2D eigenvalue weighted by molar-refractivity contribution is 8.02. The molecular weight excluding hydrogens is 268 g/mol. The van der Waals surface area contributed by atoms with Crippen LogP contribution < -0.4 is 5.32 Å². The molecule has 1 N–H and O–H groups in total. The van der Waals surface area contributed by atoms with Crippen molar-refractivity contribution < 1.29 is 19.1 Å². The second-order valence-electron chi connectivity index (χ2n) is 4.88. The molecule has 6 nitrogen and oxygen atoms in total. The maximum Gasteiger partial charge on any atom is 0.408 e. The van der Waals surface area contributed by atoms with Gasteiger partial charge in [0.05, 0.1) is 13.3 Å². The first kappa shape index (κ1) is 15.8. The number of nitrogens with zero attached hydrogens (tertiary/aromatic N) is 1. The highest BCUT2D eigenvalue weighted by atomic mass is 32.2. The number of hydrogen-bond acceptors (Lipinski definition) is 6. The van der Waals surface area contributed by atoms with E-state index in [0.717, 1.165) is 0 Å². The maximum absolute atomic E-state index is 11.5. The minimum Gasteiger partial charge on any atom is -0.462 e. The maximum atomic E-state index is 11.5. The molecule has 0 saturated heterocycles. The van der Waals surface area contributed by atoms with Crippen LogP contribution in [-0.4, -0.2) is 41.8 Å². The standard InChI is InChI=1S/C12H20N2O4S/c1-5-17-10(15)9-6-7-14(19-9)8-13-11(16)18-12(2,3)4/h6H,5,7-8H2,1-4H3,(H,13,16). The van der Waals surface area contributed by atoms with Crippen LogP contribution in [0.2, 0.25) is 0 Å². The first-order valence-electron chi connectivity index (χ1n) is 6.09. The van der Waals surface area contributed by atoms with Gasteiger partial charge in [0.2, 0.25) is 0 Å². The quantitative estimate of drug-likeness (QED) is 0.629. The van der Waals surface area contributed by atoms with Gasteiger partial charge in [-0.2, -0.15) is 0 Å². The largest absolute Gasteiger partial charge is 0.462 e. The second kappa shape index (κ2) is 6.81. The van der Waals surface area contributed by atoms with E-state index in [0.29, 0.717) is 24.7 Å². The number of nitrogens with one attached hydrogen (secondary N) is 1. The first-order chi connectivity index (χ1) is 8.81. The van der Waals surface area contributed by atoms with Gasteiger partial charge in [-0.1, -0.05) is 0 Å². The summed E-state index contributed by atoms with van der Waals surface area (Å²) < 4.78 is 11.8. The van der Waals surface area contributed by atoms with Crippen LogP contribution in [0.4, 0.5) is 4.79 Å². The van der Waals surface area contributed by atoms with Crippen LogP contribution in [0, 0.1) is 0 Å². The minimum absolute atomic E-state index is 0.305. The van der Waals surface area contributed by atoms with Crippen molar-refractivity contribution in [3.63, 3.8) is 0 Å². The van der Waals surface area contributed by atoms with E-state index in [1.807, 2.05) is 4.31 Å². The summed E-state index contributed by atoms with van der Waals surface area (Å²) in [7, 11) is 0. The number of carbonyl (C=O) groups is 2. The number of amides is 1. The van der Waals surface area contributed by atoms with Gasteiger partial charge in [0.1, 0.15) is 10.5 Å². The Balaban J connectivity index is 2.27. The summed E-state index contributed by atoms with van der Waals surface area (Å²) in [5, 5.41) is 2.63. The molecule has 0 spiro atoms. The molecule has 0 saturated carbocycles. The number of hydrogen-bond donors (Lipinski definition) is 1. The molecule has 1 amide bonds. The molecule has 1 heterocycles. The number of esters is 1. The minimum atomic E-state index is -0.517. The van der Waals surface area contributed by atoms with Crippen molar-refractivity contribution in [3.8, 4) is 0 Å². The van der Waals surface area contributed by atoms with Gasteiger partial charge in [0.25, 0.3) is 0 Å². The van der Waals surface area contributed by atoms with Gasteiger partial charge in [-0.25, -0.2) is 13.9 Å². The van der Waals surface area contributed by atoms with Crippen LogP contribution in [0.25, 0.3) is 0 Å². The van der Waals surface area contributed by atoms with Gasteiger partial charge in [0.15, 0.2) is 0 Å². The Morgan fingerprint density at radius 3 is 2.74 bits per heavy atom. The summed E-state index contributed by atoms with van der Waals surface area (Å²) in [6.45, 7) is 8.41.